The van der Waals surface area contributed by atoms with Gasteiger partial charge >= 0.3 is 0 Å². The van der Waals surface area contributed by atoms with Gasteiger partial charge in [-0.25, -0.2) is 0 Å². The molecule has 0 heterocycles. The van der Waals surface area contributed by atoms with E-state index in [2.05, 4.69) is 11.2 Å². The molecule has 8 heteroatoms. The Kier molecular flexibility index (Phi) is 17.2. The van der Waals surface area contributed by atoms with Gasteiger partial charge in [0.2, 0.25) is 0 Å². The van der Waals surface area contributed by atoms with Crippen LogP contribution in [0.1, 0.15) is 29.5 Å². The van der Waals surface area contributed by atoms with Gasteiger partial charge in [-0.2, -0.15) is 10.2 Å². The van der Waals surface area contributed by atoms with E-state index in [-0.39, 0.29) is 12.5 Å². The van der Waals surface area contributed by atoms with E-state index < -0.39 is 0 Å². The van der Waals surface area contributed by atoms with Gasteiger partial charge in [0, 0.05) is 14.2 Å². The van der Waals surface area contributed by atoms with Crippen molar-refractivity contribution in [1.29, 1.82) is 10.7 Å². The van der Waals surface area contributed by atoms with Gasteiger partial charge in [0.25, 0.3) is 0 Å². The van der Waals surface area contributed by atoms with Crippen molar-refractivity contribution in [3.63, 3.8) is 0 Å². The molecule has 0 saturated carbocycles. The second kappa shape index (κ2) is 19.4. The minimum absolute atomic E-state index is 0.120. The summed E-state index contributed by atoms with van der Waals surface area (Å²) >= 11 is 0. The van der Waals surface area contributed by atoms with Crippen LogP contribution in [0.3, 0.4) is 0 Å². The third kappa shape index (κ3) is 12.1. The van der Waals surface area contributed by atoms with Gasteiger partial charge in [-0.1, -0.05) is 59.8 Å². The number of aliphatic hydroxyl groups excluding tert-OH is 2. The molecule has 0 amide bonds. The third-order valence-electron chi connectivity index (χ3n) is 4.41. The summed E-state index contributed by atoms with van der Waals surface area (Å²) in [5.74, 6) is 1.37. The van der Waals surface area contributed by atoms with E-state index in [9.17, 15) is 0 Å². The first-order chi connectivity index (χ1) is 17.1. The minimum atomic E-state index is -0.120. The molecule has 0 aliphatic heterocycles. The maximum atomic E-state index is 8.96. The zero-order valence-electron chi connectivity index (χ0n) is 20.5. The maximum Gasteiger partial charge on any atom is 0.130 e. The first-order valence-electron chi connectivity index (χ1n) is 10.6. The monoisotopic (exact) mass is 479 g/mol. The Morgan fingerprint density at radius 1 is 0.914 bits per heavy atom. The van der Waals surface area contributed by atoms with Gasteiger partial charge in [-0.05, 0) is 47.9 Å². The first kappa shape index (κ1) is 30.9. The van der Waals surface area contributed by atoms with Crippen molar-refractivity contribution in [1.82, 2.24) is 0 Å². The summed E-state index contributed by atoms with van der Waals surface area (Å²) in [7, 11) is 3.19. The summed E-state index contributed by atoms with van der Waals surface area (Å²) in [5.41, 5.74) is 3.32. The third-order valence-corrected chi connectivity index (χ3v) is 4.41. The number of nitrogens with one attached hydrogen (secondary N) is 1. The van der Waals surface area contributed by atoms with Crippen LogP contribution in [-0.4, -0.2) is 43.8 Å². The minimum Gasteiger partial charge on any atom is -0.489 e. The molecule has 3 aromatic rings. The maximum absolute atomic E-state index is 8.96. The summed E-state index contributed by atoms with van der Waals surface area (Å²) in [6.45, 7) is 2.56. The van der Waals surface area contributed by atoms with Crippen molar-refractivity contribution in [3.05, 3.63) is 100 Å². The lowest BCUT2D eigenvalue weighted by atomic mass is 10.0. The molecular weight excluding hydrogens is 446 g/mol. The predicted molar refractivity (Wildman–Crippen MR) is 138 cm³/mol. The van der Waals surface area contributed by atoms with Gasteiger partial charge < -0.3 is 25.1 Å². The molecule has 186 valence electrons. The number of nitrogens with zero attached hydrogens (tertiary/aromatic N) is 2. The van der Waals surface area contributed by atoms with Gasteiger partial charge in [0.1, 0.15) is 24.7 Å². The Hall–Kier alpha value is -4.06. The normalized spacial score (nSPS) is 9.74. The molecule has 1 atom stereocenters. The number of ether oxygens (including phenoxy) is 2. The summed E-state index contributed by atoms with van der Waals surface area (Å²) in [6.07, 6.45) is 0. The summed E-state index contributed by atoms with van der Waals surface area (Å²) in [6, 6.07) is 27.1. The average Bonchev–Trinajstić information content (AvgIpc) is 2.94. The van der Waals surface area contributed by atoms with Crippen molar-refractivity contribution in [3.8, 4) is 17.6 Å². The molecule has 8 nitrogen and oxygen atoms in total. The molecular formula is C27H33N3O5. The van der Waals surface area contributed by atoms with Crippen molar-refractivity contribution in [2.45, 2.75) is 19.4 Å². The quantitative estimate of drug-likeness (QED) is 0.309. The predicted octanol–water partition coefficient (Wildman–Crippen LogP) is 4.94. The molecule has 0 aromatic heterocycles. The molecule has 0 saturated heterocycles. The summed E-state index contributed by atoms with van der Waals surface area (Å²) in [4.78, 5) is 8.56. The Balaban J connectivity index is 0.00000150. The van der Waals surface area contributed by atoms with Crippen LogP contribution in [0.5, 0.6) is 11.5 Å². The Labute approximate surface area is 206 Å². The van der Waals surface area contributed by atoms with Crippen molar-refractivity contribution >= 4 is 5.71 Å². The molecule has 1 unspecified atom stereocenters. The van der Waals surface area contributed by atoms with E-state index >= 15 is 0 Å². The highest BCUT2D eigenvalue weighted by Crippen LogP contribution is 2.20. The number of aliphatic hydroxyl groups is 2. The lowest BCUT2D eigenvalue weighted by Gasteiger charge is -2.10. The molecule has 3 rings (SSSR count). The topological polar surface area (TPSA) is 136 Å². The van der Waals surface area contributed by atoms with Crippen molar-refractivity contribution in [2.75, 3.05) is 27.9 Å². The van der Waals surface area contributed by atoms with E-state index in [0.29, 0.717) is 12.3 Å². The fourth-order valence-corrected chi connectivity index (χ4v) is 2.65. The lowest BCUT2D eigenvalue weighted by molar-refractivity contribution is 0.305. The molecule has 3 aromatic carbocycles. The van der Waals surface area contributed by atoms with Crippen LogP contribution >= 0.6 is 0 Å². The summed E-state index contributed by atoms with van der Waals surface area (Å²) in [5, 5.41) is 33.3. The van der Waals surface area contributed by atoms with Gasteiger partial charge in [-0.3, -0.25) is 0 Å². The van der Waals surface area contributed by atoms with Crippen LogP contribution in [-0.2, 0) is 6.61 Å². The highest BCUT2D eigenvalue weighted by atomic mass is 16.5. The summed E-state index contributed by atoms with van der Waals surface area (Å²) < 4.78 is 11.5. The second-order valence-corrected chi connectivity index (χ2v) is 6.67. The molecule has 35 heavy (non-hydrogen) atoms. The lowest BCUT2D eigenvalue weighted by Crippen LogP contribution is -2.11. The number of rotatable bonds is 8. The Morgan fingerprint density at radius 2 is 1.40 bits per heavy atom. The van der Waals surface area contributed by atoms with E-state index in [0.717, 1.165) is 42.4 Å². The first-order valence-corrected chi connectivity index (χ1v) is 10.6. The largest absolute Gasteiger partial charge is 0.489 e. The van der Waals surface area contributed by atoms with Crippen molar-refractivity contribution in [2.24, 2.45) is 5.18 Å². The molecule has 0 aliphatic rings. The van der Waals surface area contributed by atoms with Crippen LogP contribution in [0.25, 0.3) is 0 Å². The van der Waals surface area contributed by atoms with Gasteiger partial charge in [0.05, 0.1) is 24.7 Å². The SMILES string of the molecule is CC(C#N)c1ccc(OCc2ccc(OCC(=N)c3ccccc3)cc2)cc1.CN=O.CO.CO. The zero-order valence-corrected chi connectivity index (χ0v) is 20.5. The number of hydrogen-bond donors (Lipinski definition) is 3. The molecule has 0 fully saturated rings. The average molecular weight is 480 g/mol. The van der Waals surface area contributed by atoms with Crippen molar-refractivity contribution < 1.29 is 19.7 Å². The second-order valence-electron chi connectivity index (χ2n) is 6.67. The molecule has 3 N–H and O–H groups in total. The van der Waals surface area contributed by atoms with E-state index in [1.165, 1.54) is 7.05 Å². The zero-order chi connectivity index (χ0) is 26.5. The fourth-order valence-electron chi connectivity index (χ4n) is 2.65. The van der Waals surface area contributed by atoms with Crippen LogP contribution in [0, 0.1) is 21.6 Å². The number of nitriles is 1. The molecule has 0 bridgehead atoms. The number of benzene rings is 3. The van der Waals surface area contributed by atoms with Gasteiger partial charge in [0.15, 0.2) is 0 Å². The standard InChI is InChI=1S/C24H22N2O2.CH3NO.2CH4O/c1-18(15-25)20-9-13-23(14-10-20)27-16-19-7-11-22(12-8-19)28-17-24(26)21-5-3-2-4-6-21;1-2-3;2*1-2/h2-14,18,26H,16-17H2,1H3;1H3;2*2H,1H3. The smallest absolute Gasteiger partial charge is 0.130 e. The van der Waals surface area contributed by atoms with Crippen LogP contribution in [0.2, 0.25) is 0 Å². The molecule has 0 spiro atoms. The number of hydrogen-bond acceptors (Lipinski definition) is 8. The van der Waals surface area contributed by atoms with E-state index in [1.54, 1.807) is 0 Å². The van der Waals surface area contributed by atoms with E-state index in [4.69, 9.17) is 35.3 Å². The van der Waals surface area contributed by atoms with Crippen LogP contribution in [0.15, 0.2) is 84.0 Å². The van der Waals surface area contributed by atoms with Crippen LogP contribution in [0.4, 0.5) is 0 Å². The highest BCUT2D eigenvalue weighted by Gasteiger charge is 2.05. The molecule has 0 radical (unpaired) electrons. The Morgan fingerprint density at radius 3 is 1.91 bits per heavy atom. The highest BCUT2D eigenvalue weighted by molar-refractivity contribution is 5.99. The fraction of sp³-hybridized carbons (Fsp3) is 0.259. The van der Waals surface area contributed by atoms with E-state index in [1.807, 2.05) is 85.8 Å². The number of nitroso groups, excluding NO2 is 1. The Bertz CT molecular complexity index is 1000. The van der Waals surface area contributed by atoms with Gasteiger partial charge in [-0.15, -0.1) is 0 Å². The molecule has 0 aliphatic carbocycles. The van der Waals surface area contributed by atoms with Crippen LogP contribution < -0.4 is 9.47 Å².